The molecule has 0 aromatic rings. The zero-order chi connectivity index (χ0) is 12.8. The normalized spacial score (nSPS) is 25.6. The molecule has 2 nitrogen and oxygen atoms in total. The lowest BCUT2D eigenvalue weighted by atomic mass is 9.94. The van der Waals surface area contributed by atoms with Crippen molar-refractivity contribution in [2.24, 2.45) is 5.92 Å². The second-order valence-corrected chi connectivity index (χ2v) is 5.32. The Morgan fingerprint density at radius 2 is 2.39 bits per heavy atom. The number of rotatable bonds is 5. The van der Waals surface area contributed by atoms with Gasteiger partial charge in [0.15, 0.2) is 11.6 Å². The molecule has 1 aliphatic heterocycles. The molecular formula is C15H23FNO. The van der Waals surface area contributed by atoms with Crippen LogP contribution in [0.2, 0.25) is 0 Å². The Morgan fingerprint density at radius 1 is 1.50 bits per heavy atom. The van der Waals surface area contributed by atoms with Gasteiger partial charge in [-0.2, -0.15) is 0 Å². The number of nitrogens with zero attached hydrogens (tertiary/aromatic N) is 1. The van der Waals surface area contributed by atoms with Gasteiger partial charge in [0, 0.05) is 6.54 Å². The highest BCUT2D eigenvalue weighted by Crippen LogP contribution is 2.22. The minimum atomic E-state index is -0.237. The number of hydrogen-bond donors (Lipinski definition) is 0. The predicted molar refractivity (Wildman–Crippen MR) is 71.6 cm³/mol. The standard InChI is InChI=1S/C15H23FNO/c1-17-10-4-6-13(12-17)7-5-11-18-15-9-3-2-8-14(15)16/h2,8-9,13H,3-7,10-12H2,1H3. The highest BCUT2D eigenvalue weighted by atomic mass is 19.1. The molecule has 0 N–H and O–H groups in total. The lowest BCUT2D eigenvalue weighted by Gasteiger charge is -2.29. The molecule has 0 aromatic carbocycles. The van der Waals surface area contributed by atoms with Crippen molar-refractivity contribution in [3.05, 3.63) is 30.2 Å². The van der Waals surface area contributed by atoms with Gasteiger partial charge in [-0.3, -0.25) is 0 Å². The van der Waals surface area contributed by atoms with Crippen LogP contribution in [-0.2, 0) is 4.74 Å². The first-order chi connectivity index (χ1) is 8.75. The third-order valence-corrected chi connectivity index (χ3v) is 3.68. The van der Waals surface area contributed by atoms with Gasteiger partial charge in [0.1, 0.15) is 0 Å². The summed E-state index contributed by atoms with van der Waals surface area (Å²) in [7, 11) is 2.19. The molecule has 0 bridgehead atoms. The molecule has 0 saturated carbocycles. The fraction of sp³-hybridized carbons (Fsp3) is 0.667. The summed E-state index contributed by atoms with van der Waals surface area (Å²) in [4.78, 5) is 2.40. The van der Waals surface area contributed by atoms with Gasteiger partial charge in [0.05, 0.1) is 6.61 Å². The van der Waals surface area contributed by atoms with Gasteiger partial charge < -0.3 is 9.64 Å². The fourth-order valence-electron chi connectivity index (χ4n) is 2.72. The van der Waals surface area contributed by atoms with Crippen molar-refractivity contribution < 1.29 is 9.13 Å². The summed E-state index contributed by atoms with van der Waals surface area (Å²) < 4.78 is 18.8. The highest BCUT2D eigenvalue weighted by molar-refractivity contribution is 5.27. The Labute approximate surface area is 109 Å². The van der Waals surface area contributed by atoms with Gasteiger partial charge in [0.2, 0.25) is 0 Å². The average molecular weight is 252 g/mol. The van der Waals surface area contributed by atoms with Crippen LogP contribution in [0.3, 0.4) is 0 Å². The second kappa shape index (κ2) is 6.93. The van der Waals surface area contributed by atoms with E-state index in [0.717, 1.165) is 18.8 Å². The molecule has 0 aromatic heterocycles. The third kappa shape index (κ3) is 4.13. The number of ether oxygens (including phenoxy) is 1. The van der Waals surface area contributed by atoms with Gasteiger partial charge >= 0.3 is 0 Å². The molecule has 2 rings (SSSR count). The van der Waals surface area contributed by atoms with Crippen molar-refractivity contribution in [2.45, 2.75) is 32.1 Å². The molecule has 1 heterocycles. The lowest BCUT2D eigenvalue weighted by Crippen LogP contribution is -2.32. The maximum absolute atomic E-state index is 13.3. The Kier molecular flexibility index (Phi) is 5.24. The fourth-order valence-corrected chi connectivity index (χ4v) is 2.72. The summed E-state index contributed by atoms with van der Waals surface area (Å²) in [6, 6.07) is 0. The van der Waals surface area contributed by atoms with Crippen molar-refractivity contribution in [2.75, 3.05) is 26.7 Å². The molecule has 2 aliphatic rings. The van der Waals surface area contributed by atoms with E-state index in [0.29, 0.717) is 12.4 Å². The van der Waals surface area contributed by atoms with Crippen LogP contribution < -0.4 is 0 Å². The Bertz CT molecular complexity index is 324. The van der Waals surface area contributed by atoms with E-state index >= 15 is 0 Å². The van der Waals surface area contributed by atoms with E-state index in [1.54, 1.807) is 6.42 Å². The van der Waals surface area contributed by atoms with Crippen molar-refractivity contribution in [1.29, 1.82) is 0 Å². The monoisotopic (exact) mass is 252 g/mol. The lowest BCUT2D eigenvalue weighted by molar-refractivity contribution is 0.167. The Balaban J connectivity index is 1.61. The first-order valence-electron chi connectivity index (χ1n) is 6.96. The van der Waals surface area contributed by atoms with Crippen LogP contribution >= 0.6 is 0 Å². The van der Waals surface area contributed by atoms with E-state index < -0.39 is 0 Å². The molecular weight excluding hydrogens is 229 g/mol. The van der Waals surface area contributed by atoms with E-state index in [9.17, 15) is 4.39 Å². The molecule has 3 heteroatoms. The minimum absolute atomic E-state index is 0.237. The van der Waals surface area contributed by atoms with Crippen molar-refractivity contribution in [3.63, 3.8) is 0 Å². The Morgan fingerprint density at radius 3 is 3.17 bits per heavy atom. The van der Waals surface area contributed by atoms with Gasteiger partial charge in [-0.25, -0.2) is 4.39 Å². The van der Waals surface area contributed by atoms with Crippen molar-refractivity contribution in [1.82, 2.24) is 4.90 Å². The van der Waals surface area contributed by atoms with Crippen LogP contribution in [0.1, 0.15) is 32.1 Å². The molecule has 18 heavy (non-hydrogen) atoms. The number of piperidine rings is 1. The average Bonchev–Trinajstić information content (AvgIpc) is 2.37. The number of hydrogen-bond acceptors (Lipinski definition) is 2. The molecule has 1 saturated heterocycles. The summed E-state index contributed by atoms with van der Waals surface area (Å²) in [5.74, 6) is 0.985. The number of likely N-dealkylation sites (tertiary alicyclic amines) is 1. The second-order valence-electron chi connectivity index (χ2n) is 5.32. The largest absolute Gasteiger partial charge is 0.491 e. The summed E-state index contributed by atoms with van der Waals surface area (Å²) in [6.45, 7) is 3.06. The molecule has 1 atom stereocenters. The molecule has 0 amide bonds. The maximum atomic E-state index is 13.3. The maximum Gasteiger partial charge on any atom is 0.161 e. The van der Waals surface area contributed by atoms with E-state index in [4.69, 9.17) is 4.74 Å². The van der Waals surface area contributed by atoms with Gasteiger partial charge in [-0.1, -0.05) is 0 Å². The topological polar surface area (TPSA) is 12.5 Å². The number of halogens is 1. The summed E-state index contributed by atoms with van der Waals surface area (Å²) in [5.41, 5.74) is 0. The smallest absolute Gasteiger partial charge is 0.161 e. The molecule has 101 valence electrons. The summed E-state index contributed by atoms with van der Waals surface area (Å²) in [5, 5.41) is 0. The molecule has 1 fully saturated rings. The van der Waals surface area contributed by atoms with Crippen LogP contribution in [0.25, 0.3) is 0 Å². The molecule has 1 radical (unpaired) electrons. The minimum Gasteiger partial charge on any atom is -0.491 e. The van der Waals surface area contributed by atoms with Crippen LogP contribution in [-0.4, -0.2) is 31.6 Å². The molecule has 0 spiro atoms. The van der Waals surface area contributed by atoms with Gasteiger partial charge in [-0.05, 0) is 70.2 Å². The van der Waals surface area contributed by atoms with Gasteiger partial charge in [0.25, 0.3) is 0 Å². The predicted octanol–water partition coefficient (Wildman–Crippen LogP) is 3.47. The first kappa shape index (κ1) is 13.6. The Hall–Kier alpha value is -0.830. The zero-order valence-corrected chi connectivity index (χ0v) is 11.2. The highest BCUT2D eigenvalue weighted by Gasteiger charge is 2.17. The van der Waals surface area contributed by atoms with Crippen LogP contribution in [0.5, 0.6) is 0 Å². The summed E-state index contributed by atoms with van der Waals surface area (Å²) >= 11 is 0. The van der Waals surface area contributed by atoms with Crippen molar-refractivity contribution >= 4 is 0 Å². The van der Waals surface area contributed by atoms with Crippen LogP contribution in [0.4, 0.5) is 4.39 Å². The van der Waals surface area contributed by atoms with E-state index in [2.05, 4.69) is 11.9 Å². The SMILES string of the molecule is CN1CCCC(CCCOC2=CC[CH]C=C2F)C1. The van der Waals surface area contributed by atoms with E-state index in [1.165, 1.54) is 38.4 Å². The van der Waals surface area contributed by atoms with E-state index in [-0.39, 0.29) is 5.83 Å². The quantitative estimate of drug-likeness (QED) is 0.695. The van der Waals surface area contributed by atoms with E-state index in [1.807, 2.05) is 6.08 Å². The van der Waals surface area contributed by atoms with Gasteiger partial charge in [-0.15, -0.1) is 0 Å². The summed E-state index contributed by atoms with van der Waals surface area (Å²) in [6.07, 6.45) is 10.7. The molecule has 1 unspecified atom stereocenters. The van der Waals surface area contributed by atoms with Crippen LogP contribution in [0.15, 0.2) is 23.7 Å². The zero-order valence-electron chi connectivity index (χ0n) is 11.2. The first-order valence-corrected chi connectivity index (χ1v) is 6.96. The van der Waals surface area contributed by atoms with Crippen molar-refractivity contribution in [3.8, 4) is 0 Å². The third-order valence-electron chi connectivity index (χ3n) is 3.68. The number of allylic oxidation sites excluding steroid dienone is 3. The van der Waals surface area contributed by atoms with Crippen LogP contribution in [0, 0.1) is 12.3 Å². The molecule has 1 aliphatic carbocycles.